The summed E-state index contributed by atoms with van der Waals surface area (Å²) in [5.74, 6) is 1.79. The Morgan fingerprint density at radius 2 is 2.00 bits per heavy atom. The first-order chi connectivity index (χ1) is 8.85. The lowest BCUT2D eigenvalue weighted by atomic mass is 9.92. The Bertz CT molecular complexity index is 347. The molecule has 2 nitrogen and oxygen atoms in total. The van der Waals surface area contributed by atoms with E-state index in [-0.39, 0.29) is 0 Å². The van der Waals surface area contributed by atoms with Crippen LogP contribution in [0, 0.1) is 5.92 Å². The number of hydrogen-bond donors (Lipinski definition) is 1. The Hall–Kier alpha value is -1.02. The van der Waals surface area contributed by atoms with E-state index < -0.39 is 0 Å². The minimum atomic E-state index is 0.541. The molecule has 0 aliphatic carbocycles. The van der Waals surface area contributed by atoms with E-state index in [2.05, 4.69) is 43.4 Å². The van der Waals surface area contributed by atoms with Crippen molar-refractivity contribution in [2.75, 3.05) is 13.2 Å². The summed E-state index contributed by atoms with van der Waals surface area (Å²) in [6, 6.07) is 9.19. The van der Waals surface area contributed by atoms with Gasteiger partial charge < -0.3 is 10.1 Å². The van der Waals surface area contributed by atoms with E-state index in [1.165, 1.54) is 24.8 Å². The zero-order valence-corrected chi connectivity index (χ0v) is 11.6. The Morgan fingerprint density at radius 3 is 2.67 bits per heavy atom. The van der Waals surface area contributed by atoms with Gasteiger partial charge in [-0.25, -0.2) is 0 Å². The average Bonchev–Trinajstić information content (AvgIpc) is 2.88. The molecule has 18 heavy (non-hydrogen) atoms. The molecule has 0 saturated carbocycles. The van der Waals surface area contributed by atoms with Crippen molar-refractivity contribution in [2.24, 2.45) is 5.92 Å². The van der Waals surface area contributed by atoms with Crippen LogP contribution in [0.3, 0.4) is 0 Å². The molecule has 1 fully saturated rings. The van der Waals surface area contributed by atoms with Crippen LogP contribution < -0.4 is 10.1 Å². The van der Waals surface area contributed by atoms with Gasteiger partial charge in [0.05, 0.1) is 6.61 Å². The van der Waals surface area contributed by atoms with Gasteiger partial charge in [0.1, 0.15) is 5.75 Å². The van der Waals surface area contributed by atoms with Crippen LogP contribution in [0.15, 0.2) is 24.3 Å². The average molecular weight is 247 g/mol. The largest absolute Gasteiger partial charge is 0.494 e. The summed E-state index contributed by atoms with van der Waals surface area (Å²) in [6.07, 6.45) is 4.87. The SMILES string of the molecule is CCCCOc1ccc(C2NCCC2CC)cc1. The molecule has 0 amide bonds. The first-order valence-electron chi connectivity index (χ1n) is 7.31. The maximum absolute atomic E-state index is 5.70. The first kappa shape index (κ1) is 13.4. The highest BCUT2D eigenvalue weighted by Crippen LogP contribution is 2.32. The second kappa shape index (κ2) is 6.79. The van der Waals surface area contributed by atoms with E-state index in [9.17, 15) is 0 Å². The molecule has 1 N–H and O–H groups in total. The zero-order valence-electron chi connectivity index (χ0n) is 11.6. The van der Waals surface area contributed by atoms with Gasteiger partial charge in [0.15, 0.2) is 0 Å². The van der Waals surface area contributed by atoms with Crippen LogP contribution in [0.2, 0.25) is 0 Å². The summed E-state index contributed by atoms with van der Waals surface area (Å²) in [5, 5.41) is 3.60. The number of ether oxygens (including phenoxy) is 1. The summed E-state index contributed by atoms with van der Waals surface area (Å²) >= 11 is 0. The number of unbranched alkanes of at least 4 members (excludes halogenated alkanes) is 1. The molecule has 100 valence electrons. The Balaban J connectivity index is 1.94. The molecule has 1 heterocycles. The molecule has 2 atom stereocenters. The molecule has 0 radical (unpaired) electrons. The molecule has 1 saturated heterocycles. The van der Waals surface area contributed by atoms with Crippen molar-refractivity contribution in [1.82, 2.24) is 5.32 Å². The summed E-state index contributed by atoms with van der Waals surface area (Å²) in [7, 11) is 0. The summed E-state index contributed by atoms with van der Waals surface area (Å²) in [4.78, 5) is 0. The normalized spacial score (nSPS) is 23.2. The van der Waals surface area contributed by atoms with Gasteiger partial charge in [-0.3, -0.25) is 0 Å². The molecule has 0 bridgehead atoms. The smallest absolute Gasteiger partial charge is 0.119 e. The molecule has 2 unspecified atom stereocenters. The van der Waals surface area contributed by atoms with Crippen molar-refractivity contribution < 1.29 is 4.74 Å². The van der Waals surface area contributed by atoms with Crippen molar-refractivity contribution in [3.8, 4) is 5.75 Å². The van der Waals surface area contributed by atoms with Gasteiger partial charge in [-0.1, -0.05) is 38.8 Å². The maximum atomic E-state index is 5.70. The van der Waals surface area contributed by atoms with Crippen molar-refractivity contribution >= 4 is 0 Å². The van der Waals surface area contributed by atoms with Gasteiger partial charge in [0.25, 0.3) is 0 Å². The van der Waals surface area contributed by atoms with E-state index in [1.54, 1.807) is 0 Å². The highest BCUT2D eigenvalue weighted by molar-refractivity contribution is 5.30. The van der Waals surface area contributed by atoms with E-state index >= 15 is 0 Å². The predicted molar refractivity (Wildman–Crippen MR) is 76.0 cm³/mol. The topological polar surface area (TPSA) is 21.3 Å². The third-order valence-corrected chi connectivity index (χ3v) is 3.88. The fraction of sp³-hybridized carbons (Fsp3) is 0.625. The number of hydrogen-bond acceptors (Lipinski definition) is 2. The Labute approximate surface area is 111 Å². The van der Waals surface area contributed by atoms with Crippen LogP contribution in [0.4, 0.5) is 0 Å². The van der Waals surface area contributed by atoms with Crippen LogP contribution in [0.5, 0.6) is 5.75 Å². The lowest BCUT2D eigenvalue weighted by Crippen LogP contribution is -2.17. The first-order valence-corrected chi connectivity index (χ1v) is 7.31. The van der Waals surface area contributed by atoms with Crippen LogP contribution in [0.25, 0.3) is 0 Å². The van der Waals surface area contributed by atoms with Gasteiger partial charge in [-0.15, -0.1) is 0 Å². The second-order valence-electron chi connectivity index (χ2n) is 5.16. The van der Waals surface area contributed by atoms with Gasteiger partial charge in [0, 0.05) is 6.04 Å². The maximum Gasteiger partial charge on any atom is 0.119 e. The highest BCUT2D eigenvalue weighted by atomic mass is 16.5. The van der Waals surface area contributed by atoms with Crippen LogP contribution in [-0.2, 0) is 0 Å². The van der Waals surface area contributed by atoms with Gasteiger partial charge in [-0.05, 0) is 43.0 Å². The van der Waals surface area contributed by atoms with Gasteiger partial charge in [0.2, 0.25) is 0 Å². The minimum absolute atomic E-state index is 0.541. The van der Waals surface area contributed by atoms with Crippen molar-refractivity contribution in [2.45, 2.75) is 45.6 Å². The highest BCUT2D eigenvalue weighted by Gasteiger charge is 2.26. The van der Waals surface area contributed by atoms with Crippen molar-refractivity contribution in [3.63, 3.8) is 0 Å². The standard InChI is InChI=1S/C16H25NO/c1-3-5-12-18-15-8-6-14(7-9-15)16-13(4-2)10-11-17-16/h6-9,13,16-17H,3-5,10-12H2,1-2H3. The quantitative estimate of drug-likeness (QED) is 0.769. The number of benzene rings is 1. The van der Waals surface area contributed by atoms with Crippen molar-refractivity contribution in [1.29, 1.82) is 0 Å². The van der Waals surface area contributed by atoms with Crippen LogP contribution in [0.1, 0.15) is 51.1 Å². The fourth-order valence-corrected chi connectivity index (χ4v) is 2.69. The Morgan fingerprint density at radius 1 is 1.22 bits per heavy atom. The van der Waals surface area contributed by atoms with E-state index in [0.29, 0.717) is 6.04 Å². The molecule has 1 aromatic rings. The predicted octanol–water partition coefficient (Wildman–Crippen LogP) is 3.93. The minimum Gasteiger partial charge on any atom is -0.494 e. The summed E-state index contributed by atoms with van der Waals surface area (Å²) < 4.78 is 5.70. The summed E-state index contributed by atoms with van der Waals surface area (Å²) in [6.45, 7) is 6.45. The monoisotopic (exact) mass is 247 g/mol. The molecule has 0 spiro atoms. The van der Waals surface area contributed by atoms with Crippen LogP contribution in [-0.4, -0.2) is 13.2 Å². The molecular weight excluding hydrogens is 222 g/mol. The molecular formula is C16H25NO. The van der Waals surface area contributed by atoms with Crippen LogP contribution >= 0.6 is 0 Å². The second-order valence-corrected chi connectivity index (χ2v) is 5.16. The van der Waals surface area contributed by atoms with E-state index in [1.807, 2.05) is 0 Å². The molecule has 1 aliphatic rings. The van der Waals surface area contributed by atoms with Gasteiger partial charge in [-0.2, -0.15) is 0 Å². The fourth-order valence-electron chi connectivity index (χ4n) is 2.69. The summed E-state index contributed by atoms with van der Waals surface area (Å²) in [5.41, 5.74) is 1.40. The molecule has 1 aromatic carbocycles. The molecule has 0 aromatic heterocycles. The third kappa shape index (κ3) is 3.26. The molecule has 2 rings (SSSR count). The third-order valence-electron chi connectivity index (χ3n) is 3.88. The van der Waals surface area contributed by atoms with Crippen molar-refractivity contribution in [3.05, 3.63) is 29.8 Å². The van der Waals surface area contributed by atoms with E-state index in [0.717, 1.165) is 31.2 Å². The lowest BCUT2D eigenvalue weighted by Gasteiger charge is -2.18. The lowest BCUT2D eigenvalue weighted by molar-refractivity contribution is 0.309. The van der Waals surface area contributed by atoms with Gasteiger partial charge >= 0.3 is 0 Å². The number of rotatable bonds is 6. The zero-order chi connectivity index (χ0) is 12.8. The number of nitrogens with one attached hydrogen (secondary N) is 1. The Kier molecular flexibility index (Phi) is 5.06. The van der Waals surface area contributed by atoms with E-state index in [4.69, 9.17) is 4.74 Å². The molecule has 2 heteroatoms. The molecule has 1 aliphatic heterocycles.